The van der Waals surface area contributed by atoms with E-state index in [1.54, 1.807) is 31.2 Å². The lowest BCUT2D eigenvalue weighted by molar-refractivity contribution is -0.150. The number of imide groups is 1. The molecule has 2 heterocycles. The van der Waals surface area contributed by atoms with Crippen LogP contribution >= 0.6 is 11.8 Å². The molecule has 8 nitrogen and oxygen atoms in total. The summed E-state index contributed by atoms with van der Waals surface area (Å²) in [5, 5.41) is 8.40. The first kappa shape index (κ1) is 20.4. The second-order valence-corrected chi connectivity index (χ2v) is 7.06. The number of amides is 2. The van der Waals surface area contributed by atoms with Crippen LogP contribution < -0.4 is 0 Å². The average Bonchev–Trinajstić information content (AvgIpc) is 3.26. The van der Waals surface area contributed by atoms with Crippen molar-refractivity contribution in [3.05, 3.63) is 52.6 Å². The van der Waals surface area contributed by atoms with Gasteiger partial charge in [0, 0.05) is 11.6 Å². The first-order valence-electron chi connectivity index (χ1n) is 8.69. The fourth-order valence-corrected chi connectivity index (χ4v) is 3.56. The van der Waals surface area contributed by atoms with Crippen molar-refractivity contribution >= 4 is 40.9 Å². The highest BCUT2D eigenvalue weighted by atomic mass is 32.2. The van der Waals surface area contributed by atoms with Crippen LogP contribution in [0.4, 0.5) is 4.79 Å². The summed E-state index contributed by atoms with van der Waals surface area (Å²) < 4.78 is 10.6. The molecule has 2 aromatic rings. The molecule has 1 N–H and O–H groups in total. The minimum Gasteiger partial charge on any atom is -0.478 e. The molecule has 0 saturated carbocycles. The van der Waals surface area contributed by atoms with E-state index in [1.807, 2.05) is 0 Å². The summed E-state index contributed by atoms with van der Waals surface area (Å²) in [5.74, 6) is -1.45. The minimum atomic E-state index is -1.02. The highest BCUT2D eigenvalue weighted by Crippen LogP contribution is 2.34. The molecule has 1 saturated heterocycles. The number of aromatic carboxylic acids is 1. The van der Waals surface area contributed by atoms with Gasteiger partial charge in [0.2, 0.25) is 0 Å². The molecule has 0 radical (unpaired) electrons. The number of furan rings is 1. The molecule has 9 heteroatoms. The van der Waals surface area contributed by atoms with Crippen LogP contribution in [0.2, 0.25) is 0 Å². The number of carbonyl (C=O) groups is 4. The van der Waals surface area contributed by atoms with Crippen molar-refractivity contribution in [1.82, 2.24) is 4.90 Å². The van der Waals surface area contributed by atoms with Gasteiger partial charge in [-0.2, -0.15) is 0 Å². The molecule has 1 aromatic heterocycles. The predicted molar refractivity (Wildman–Crippen MR) is 105 cm³/mol. The minimum absolute atomic E-state index is 0.133. The molecule has 0 bridgehead atoms. The van der Waals surface area contributed by atoms with Crippen molar-refractivity contribution in [2.75, 3.05) is 6.61 Å². The summed E-state index contributed by atoms with van der Waals surface area (Å²) in [7, 11) is 0. The maximum absolute atomic E-state index is 12.6. The number of rotatable bonds is 6. The Bertz CT molecular complexity index is 1010. The Hall–Kier alpha value is -3.33. The second-order valence-electron chi connectivity index (χ2n) is 6.06. The molecule has 2 amide bonds. The third-order valence-electron chi connectivity index (χ3n) is 4.16. The van der Waals surface area contributed by atoms with Crippen LogP contribution in [0, 0.1) is 0 Å². The Morgan fingerprint density at radius 2 is 1.90 bits per heavy atom. The van der Waals surface area contributed by atoms with E-state index in [2.05, 4.69) is 0 Å². The number of thioether (sulfide) groups is 1. The van der Waals surface area contributed by atoms with Crippen molar-refractivity contribution in [2.24, 2.45) is 0 Å². The van der Waals surface area contributed by atoms with Gasteiger partial charge in [-0.05, 0) is 49.9 Å². The van der Waals surface area contributed by atoms with E-state index in [0.717, 1.165) is 4.90 Å². The van der Waals surface area contributed by atoms with Crippen molar-refractivity contribution < 1.29 is 33.4 Å². The van der Waals surface area contributed by atoms with E-state index in [0.29, 0.717) is 28.8 Å². The van der Waals surface area contributed by atoms with Crippen molar-refractivity contribution in [1.29, 1.82) is 0 Å². The first-order chi connectivity index (χ1) is 13.8. The third-order valence-corrected chi connectivity index (χ3v) is 5.04. The molecule has 3 rings (SSSR count). The van der Waals surface area contributed by atoms with E-state index in [9.17, 15) is 19.2 Å². The summed E-state index contributed by atoms with van der Waals surface area (Å²) >= 11 is 0.716. The van der Waals surface area contributed by atoms with Crippen LogP contribution in [0.15, 0.2) is 45.7 Å². The molecule has 1 aliphatic heterocycles. The van der Waals surface area contributed by atoms with Crippen LogP contribution in [0.5, 0.6) is 0 Å². The van der Waals surface area contributed by atoms with E-state index in [4.69, 9.17) is 14.3 Å². The van der Waals surface area contributed by atoms with Gasteiger partial charge >= 0.3 is 11.9 Å². The number of esters is 1. The fourth-order valence-electron chi connectivity index (χ4n) is 2.67. The number of carbonyl (C=O) groups excluding carboxylic acids is 3. The molecule has 0 spiro atoms. The Labute approximate surface area is 170 Å². The summed E-state index contributed by atoms with van der Waals surface area (Å²) in [4.78, 5) is 48.5. The fraction of sp³-hybridized carbons (Fsp3) is 0.200. The van der Waals surface area contributed by atoms with Crippen LogP contribution in [-0.2, 0) is 14.3 Å². The predicted octanol–water partition coefficient (Wildman–Crippen LogP) is 3.63. The quantitative estimate of drug-likeness (QED) is 0.562. The normalized spacial score (nSPS) is 16.3. The highest BCUT2D eigenvalue weighted by Gasteiger charge is 2.41. The maximum atomic E-state index is 12.6. The molecule has 1 aromatic carbocycles. The topological polar surface area (TPSA) is 114 Å². The zero-order valence-electron chi connectivity index (χ0n) is 15.6. The number of hydrogen-bond acceptors (Lipinski definition) is 7. The Morgan fingerprint density at radius 3 is 2.52 bits per heavy atom. The van der Waals surface area contributed by atoms with Gasteiger partial charge in [-0.25, -0.2) is 9.59 Å². The van der Waals surface area contributed by atoms with Crippen LogP contribution in [0.25, 0.3) is 17.4 Å². The Kier molecular flexibility index (Phi) is 5.88. The molecule has 0 aliphatic carbocycles. The number of carboxylic acids is 1. The van der Waals surface area contributed by atoms with E-state index >= 15 is 0 Å². The summed E-state index contributed by atoms with van der Waals surface area (Å²) in [5.41, 5.74) is 0.823. The first-order valence-corrected chi connectivity index (χ1v) is 9.50. The van der Waals surface area contributed by atoms with Gasteiger partial charge < -0.3 is 14.3 Å². The average molecular weight is 415 g/mol. The lowest BCUT2D eigenvalue weighted by Crippen LogP contribution is -2.42. The summed E-state index contributed by atoms with van der Waals surface area (Å²) in [6, 6.07) is 8.43. The smallest absolute Gasteiger partial charge is 0.335 e. The lowest BCUT2D eigenvalue weighted by Gasteiger charge is -2.19. The molecule has 1 aliphatic rings. The van der Waals surface area contributed by atoms with E-state index in [-0.39, 0.29) is 17.1 Å². The zero-order valence-corrected chi connectivity index (χ0v) is 16.4. The Balaban J connectivity index is 1.79. The molecule has 29 heavy (non-hydrogen) atoms. The zero-order chi connectivity index (χ0) is 21.1. The van der Waals surface area contributed by atoms with Crippen LogP contribution in [-0.4, -0.2) is 45.7 Å². The van der Waals surface area contributed by atoms with Gasteiger partial charge in [-0.15, -0.1) is 0 Å². The molecule has 1 fully saturated rings. The van der Waals surface area contributed by atoms with E-state index < -0.39 is 29.1 Å². The maximum Gasteiger partial charge on any atom is 0.335 e. The highest BCUT2D eigenvalue weighted by molar-refractivity contribution is 8.18. The van der Waals surface area contributed by atoms with Gasteiger partial charge in [-0.3, -0.25) is 14.5 Å². The van der Waals surface area contributed by atoms with Crippen molar-refractivity contribution in [2.45, 2.75) is 19.9 Å². The van der Waals surface area contributed by atoms with Gasteiger partial charge in [0.25, 0.3) is 11.1 Å². The number of benzene rings is 1. The number of hydrogen-bond donors (Lipinski definition) is 1. The molecule has 1 atom stereocenters. The van der Waals surface area contributed by atoms with Gasteiger partial charge in [0.15, 0.2) is 0 Å². The van der Waals surface area contributed by atoms with Gasteiger partial charge in [0.1, 0.15) is 17.6 Å². The monoisotopic (exact) mass is 415 g/mol. The van der Waals surface area contributed by atoms with E-state index in [1.165, 1.54) is 25.1 Å². The number of ether oxygens (including phenoxy) is 1. The summed E-state index contributed by atoms with van der Waals surface area (Å²) in [6.07, 6.45) is 1.43. The number of nitrogens with zero attached hydrogens (tertiary/aromatic N) is 1. The second kappa shape index (κ2) is 8.36. The molecule has 0 unspecified atom stereocenters. The standard InChI is InChI=1S/C20H17NO7S/c1-3-27-19(25)11(2)21-17(22)16(29-20(21)26)10-14-8-9-15(28-14)12-4-6-13(7-5-12)18(23)24/h4-11H,3H2,1-2H3,(H,23,24)/b16-10+/t11-/m0/s1. The van der Waals surface area contributed by atoms with Gasteiger partial charge in [-0.1, -0.05) is 12.1 Å². The Morgan fingerprint density at radius 1 is 1.21 bits per heavy atom. The largest absolute Gasteiger partial charge is 0.478 e. The van der Waals surface area contributed by atoms with Crippen LogP contribution in [0.1, 0.15) is 30.0 Å². The SMILES string of the molecule is CCOC(=O)[C@H](C)N1C(=O)S/C(=C/c2ccc(-c3ccc(C(=O)O)cc3)o2)C1=O. The molecular weight excluding hydrogens is 398 g/mol. The van der Waals surface area contributed by atoms with Crippen molar-refractivity contribution in [3.8, 4) is 11.3 Å². The van der Waals surface area contributed by atoms with Crippen LogP contribution in [0.3, 0.4) is 0 Å². The van der Waals surface area contributed by atoms with Gasteiger partial charge in [0.05, 0.1) is 17.1 Å². The lowest BCUT2D eigenvalue weighted by atomic mass is 10.1. The summed E-state index contributed by atoms with van der Waals surface area (Å²) in [6.45, 7) is 3.23. The third kappa shape index (κ3) is 4.24. The van der Waals surface area contributed by atoms with Crippen molar-refractivity contribution in [3.63, 3.8) is 0 Å². The number of carboxylic acid groups (broad SMARTS) is 1. The molecule has 150 valence electrons. The molecular formula is C20H17NO7S.